The number of ether oxygens (including phenoxy) is 2. The van der Waals surface area contributed by atoms with Gasteiger partial charge < -0.3 is 24.1 Å². The van der Waals surface area contributed by atoms with Crippen LogP contribution in [0.3, 0.4) is 0 Å². The van der Waals surface area contributed by atoms with Crippen molar-refractivity contribution >= 4 is 0 Å². The Morgan fingerprint density at radius 1 is 1.17 bits per heavy atom. The zero-order valence-electron chi connectivity index (χ0n) is 13.1. The highest BCUT2D eigenvalue weighted by Gasteiger charge is 2.56. The van der Waals surface area contributed by atoms with Crippen LogP contribution in [-0.4, -0.2) is 29.5 Å². The van der Waals surface area contributed by atoms with Gasteiger partial charge in [0.05, 0.1) is 12.7 Å². The van der Waals surface area contributed by atoms with Crippen LogP contribution in [0.15, 0.2) is 39.5 Å². The van der Waals surface area contributed by atoms with Crippen LogP contribution < -0.4 is 10.2 Å². The van der Waals surface area contributed by atoms with Crippen molar-refractivity contribution in [2.75, 3.05) is 7.11 Å². The van der Waals surface area contributed by atoms with Crippen LogP contribution in [0, 0.1) is 0 Å². The minimum Gasteiger partial charge on any atom is -0.497 e. The molecule has 6 nitrogen and oxygen atoms in total. The molecule has 2 N–H and O–H groups in total. The molecule has 6 heteroatoms. The molecule has 2 aliphatic rings. The fourth-order valence-corrected chi connectivity index (χ4v) is 3.20. The van der Waals surface area contributed by atoms with E-state index in [1.165, 1.54) is 6.07 Å². The summed E-state index contributed by atoms with van der Waals surface area (Å²) in [5.41, 5.74) is 1.22. The van der Waals surface area contributed by atoms with E-state index in [1.807, 2.05) is 24.3 Å². The van der Waals surface area contributed by atoms with Crippen LogP contribution in [0.4, 0.5) is 0 Å². The quantitative estimate of drug-likeness (QED) is 0.821. The molecule has 1 aromatic carbocycles. The Bertz CT molecular complexity index is 809. The third kappa shape index (κ3) is 2.53. The van der Waals surface area contributed by atoms with Crippen molar-refractivity contribution in [2.45, 2.75) is 37.3 Å². The van der Waals surface area contributed by atoms with Crippen LogP contribution in [0.2, 0.25) is 0 Å². The number of methoxy groups -OCH3 is 1. The molecule has 0 bridgehead atoms. The number of benzene rings is 1. The Balaban J connectivity index is 1.56. The average Bonchev–Trinajstić information content (AvgIpc) is 3.38. The summed E-state index contributed by atoms with van der Waals surface area (Å²) < 4.78 is 16.1. The number of hydrogen-bond acceptors (Lipinski definition) is 6. The first-order valence-electron chi connectivity index (χ1n) is 7.90. The predicted molar refractivity (Wildman–Crippen MR) is 84.0 cm³/mol. The van der Waals surface area contributed by atoms with Gasteiger partial charge in [-0.25, -0.2) is 0 Å². The molecule has 0 saturated carbocycles. The van der Waals surface area contributed by atoms with Crippen LogP contribution in [-0.2, 0) is 17.6 Å². The molecule has 2 heterocycles. The van der Waals surface area contributed by atoms with Crippen molar-refractivity contribution < 1.29 is 24.1 Å². The smallest absolute Gasteiger partial charge is 0.191 e. The monoisotopic (exact) mass is 330 g/mol. The van der Waals surface area contributed by atoms with Gasteiger partial charge in [-0.1, -0.05) is 12.1 Å². The Morgan fingerprint density at radius 2 is 1.92 bits per heavy atom. The fourth-order valence-electron chi connectivity index (χ4n) is 3.20. The summed E-state index contributed by atoms with van der Waals surface area (Å²) in [6.45, 7) is 0. The highest BCUT2D eigenvalue weighted by atomic mass is 16.6. The molecule has 126 valence electrons. The molecule has 4 rings (SSSR count). The van der Waals surface area contributed by atoms with E-state index in [2.05, 4.69) is 0 Å². The zero-order chi connectivity index (χ0) is 16.8. The number of aliphatic hydroxyl groups is 2. The predicted octanol–water partition coefficient (Wildman–Crippen LogP) is 1.28. The molecule has 0 radical (unpaired) electrons. The van der Waals surface area contributed by atoms with Gasteiger partial charge in [-0.3, -0.25) is 4.79 Å². The van der Waals surface area contributed by atoms with Crippen molar-refractivity contribution in [3.63, 3.8) is 0 Å². The molecule has 2 aromatic rings. The van der Waals surface area contributed by atoms with Crippen LogP contribution in [0.5, 0.6) is 5.75 Å². The lowest BCUT2D eigenvalue weighted by Gasteiger charge is -2.21. The largest absolute Gasteiger partial charge is 0.497 e. The summed E-state index contributed by atoms with van der Waals surface area (Å²) in [5, 5.41) is 20.1. The molecule has 1 aliphatic heterocycles. The van der Waals surface area contributed by atoms with E-state index in [-0.39, 0.29) is 11.2 Å². The zero-order valence-corrected chi connectivity index (χ0v) is 13.1. The molecule has 0 spiro atoms. The van der Waals surface area contributed by atoms with Gasteiger partial charge in [0.25, 0.3) is 0 Å². The van der Waals surface area contributed by atoms with E-state index in [0.717, 1.165) is 11.3 Å². The maximum atomic E-state index is 12.3. The van der Waals surface area contributed by atoms with Crippen molar-refractivity contribution in [3.05, 3.63) is 63.2 Å². The highest BCUT2D eigenvalue weighted by Crippen LogP contribution is 2.49. The van der Waals surface area contributed by atoms with Crippen LogP contribution in [0.1, 0.15) is 34.9 Å². The van der Waals surface area contributed by atoms with Gasteiger partial charge in [0.2, 0.25) is 0 Å². The summed E-state index contributed by atoms with van der Waals surface area (Å²) in [7, 11) is 1.62. The van der Waals surface area contributed by atoms with Gasteiger partial charge in [-0.2, -0.15) is 0 Å². The number of aliphatic hydroxyl groups excluding tert-OH is 2. The summed E-state index contributed by atoms with van der Waals surface area (Å²) >= 11 is 0. The molecular formula is C18H18O6. The maximum absolute atomic E-state index is 12.3. The number of fused-ring (bicyclic) bond motifs is 3. The summed E-state index contributed by atoms with van der Waals surface area (Å²) in [5.74, 6) is 1.41. The van der Waals surface area contributed by atoms with Gasteiger partial charge in [-0.05, 0) is 24.1 Å². The van der Waals surface area contributed by atoms with E-state index in [9.17, 15) is 15.0 Å². The molecular weight excluding hydrogens is 312 g/mol. The van der Waals surface area contributed by atoms with Gasteiger partial charge in [0.15, 0.2) is 5.43 Å². The molecule has 0 unspecified atom stereocenters. The lowest BCUT2D eigenvalue weighted by Crippen LogP contribution is -2.32. The molecule has 1 aromatic heterocycles. The normalized spacial score (nSPS) is 27.3. The number of epoxide rings is 1. The standard InChI is InChI=1S/C18H18O6/c1-22-10-5-2-9(3-6-10)4-7-11-8-12(19)13-16(23-11)14(20)15(21)18-17(13)24-18/h2-3,5-6,8,14-15,17-18,20-21H,4,7H2,1H3/t14-,15-,17+,18-/m1/s1. The van der Waals surface area contributed by atoms with Crippen molar-refractivity contribution in [1.29, 1.82) is 0 Å². The Hall–Kier alpha value is -2.15. The van der Waals surface area contributed by atoms with Gasteiger partial charge in [0.1, 0.15) is 41.7 Å². The molecule has 4 atom stereocenters. The third-order valence-corrected chi connectivity index (χ3v) is 4.62. The van der Waals surface area contributed by atoms with Gasteiger partial charge in [-0.15, -0.1) is 0 Å². The maximum Gasteiger partial charge on any atom is 0.191 e. The summed E-state index contributed by atoms with van der Waals surface area (Å²) in [6, 6.07) is 9.12. The minimum absolute atomic E-state index is 0.137. The van der Waals surface area contributed by atoms with E-state index in [1.54, 1.807) is 7.11 Å². The second kappa shape index (κ2) is 5.73. The van der Waals surface area contributed by atoms with E-state index < -0.39 is 24.4 Å². The number of rotatable bonds is 4. The van der Waals surface area contributed by atoms with Crippen LogP contribution in [0.25, 0.3) is 0 Å². The summed E-state index contributed by atoms with van der Waals surface area (Å²) in [4.78, 5) is 12.3. The highest BCUT2D eigenvalue weighted by molar-refractivity contribution is 5.34. The lowest BCUT2D eigenvalue weighted by molar-refractivity contribution is -0.0137. The minimum atomic E-state index is -1.22. The average molecular weight is 330 g/mol. The topological polar surface area (TPSA) is 92.4 Å². The number of hydrogen-bond donors (Lipinski definition) is 2. The van der Waals surface area contributed by atoms with Gasteiger partial charge >= 0.3 is 0 Å². The van der Waals surface area contributed by atoms with Gasteiger partial charge in [0, 0.05) is 12.5 Å². The molecule has 1 fully saturated rings. The second-order valence-electron chi connectivity index (χ2n) is 6.16. The first kappa shape index (κ1) is 15.4. The third-order valence-electron chi connectivity index (χ3n) is 4.62. The van der Waals surface area contributed by atoms with Crippen molar-refractivity contribution in [2.24, 2.45) is 0 Å². The van der Waals surface area contributed by atoms with E-state index >= 15 is 0 Å². The lowest BCUT2D eigenvalue weighted by atomic mass is 9.92. The Kier molecular flexibility index (Phi) is 3.68. The first-order chi connectivity index (χ1) is 11.6. The number of aryl methyl sites for hydroxylation is 2. The van der Waals surface area contributed by atoms with Crippen molar-refractivity contribution in [1.82, 2.24) is 0 Å². The molecule has 1 aliphatic carbocycles. The SMILES string of the molecule is COc1ccc(CCc2cc(=O)c3c(o2)[C@H](O)[C@@H](O)[C@H]2O[C@@H]32)cc1. The van der Waals surface area contributed by atoms with E-state index in [4.69, 9.17) is 13.9 Å². The second-order valence-corrected chi connectivity index (χ2v) is 6.16. The van der Waals surface area contributed by atoms with E-state index in [0.29, 0.717) is 24.2 Å². The van der Waals surface area contributed by atoms with Crippen molar-refractivity contribution in [3.8, 4) is 5.75 Å². The Morgan fingerprint density at radius 3 is 2.62 bits per heavy atom. The fraction of sp³-hybridized carbons (Fsp3) is 0.389. The summed E-state index contributed by atoms with van der Waals surface area (Å²) in [6.07, 6.45) is -2.02. The molecule has 0 amide bonds. The first-order valence-corrected chi connectivity index (χ1v) is 7.90. The molecule has 1 saturated heterocycles. The van der Waals surface area contributed by atoms with Crippen LogP contribution >= 0.6 is 0 Å². The Labute approximate surface area is 138 Å². The molecule has 24 heavy (non-hydrogen) atoms.